The summed E-state index contributed by atoms with van der Waals surface area (Å²) in [5.41, 5.74) is 2.86. The first-order valence-electron chi connectivity index (χ1n) is 11.3. The van der Waals surface area contributed by atoms with Crippen molar-refractivity contribution in [2.75, 3.05) is 41.9 Å². The van der Waals surface area contributed by atoms with Gasteiger partial charge < -0.3 is 9.80 Å². The number of carbonyl (C=O) groups excluding carboxylic acids is 1. The average molecular weight is 516 g/mol. The van der Waals surface area contributed by atoms with E-state index in [4.69, 9.17) is 11.6 Å². The van der Waals surface area contributed by atoms with Crippen LogP contribution in [0.1, 0.15) is 11.1 Å². The molecule has 0 unspecified atom stereocenters. The number of hydrogen-bond donors (Lipinski definition) is 0. The number of para-hydroxylation sites is 1. The Kier molecular flexibility index (Phi) is 7.33. The van der Waals surface area contributed by atoms with Crippen molar-refractivity contribution in [3.05, 3.63) is 88.7 Å². The fourth-order valence-corrected chi connectivity index (χ4v) is 5.59. The average Bonchev–Trinajstić information content (AvgIpc) is 2.85. The molecule has 1 heterocycles. The van der Waals surface area contributed by atoms with Crippen molar-refractivity contribution in [2.45, 2.75) is 18.7 Å². The summed E-state index contributed by atoms with van der Waals surface area (Å²) in [6.45, 7) is 5.16. The second kappa shape index (κ2) is 10.3. The Hall–Kier alpha value is -3.10. The topological polar surface area (TPSA) is 60.9 Å². The standard InChI is InChI=1S/C26H27ClFN3O3S/c1-19-7-10-22(17-20(19)2)31(35(33,34)23-11-8-21(27)9-12-23)18-26(32)30-15-13-29(14-16-30)25-6-4-3-5-24(25)28/h3-12,17H,13-16,18H2,1-2H3. The number of amides is 1. The first kappa shape index (κ1) is 25.0. The molecule has 0 aromatic heterocycles. The van der Waals surface area contributed by atoms with Crippen LogP contribution >= 0.6 is 11.6 Å². The number of halogens is 2. The number of hydrogen-bond acceptors (Lipinski definition) is 4. The van der Waals surface area contributed by atoms with Crippen LogP contribution in [-0.2, 0) is 14.8 Å². The van der Waals surface area contributed by atoms with Crippen LogP contribution in [0.25, 0.3) is 0 Å². The summed E-state index contributed by atoms with van der Waals surface area (Å²) < 4.78 is 42.5. The van der Waals surface area contributed by atoms with E-state index in [1.165, 1.54) is 30.3 Å². The van der Waals surface area contributed by atoms with Crippen LogP contribution in [0.4, 0.5) is 15.8 Å². The second-order valence-corrected chi connectivity index (χ2v) is 10.9. The molecule has 1 fully saturated rings. The number of nitrogens with zero attached hydrogens (tertiary/aromatic N) is 3. The van der Waals surface area contributed by atoms with Crippen molar-refractivity contribution in [2.24, 2.45) is 0 Å². The Labute approximate surface area is 210 Å². The minimum Gasteiger partial charge on any atom is -0.366 e. The highest BCUT2D eigenvalue weighted by Crippen LogP contribution is 2.27. The molecular formula is C26H27ClFN3O3S. The van der Waals surface area contributed by atoms with Crippen LogP contribution in [0.15, 0.2) is 71.6 Å². The second-order valence-electron chi connectivity index (χ2n) is 8.55. The molecule has 35 heavy (non-hydrogen) atoms. The summed E-state index contributed by atoms with van der Waals surface area (Å²) in [4.78, 5) is 16.9. The summed E-state index contributed by atoms with van der Waals surface area (Å²) >= 11 is 5.95. The Morgan fingerprint density at radius 1 is 0.943 bits per heavy atom. The minimum atomic E-state index is -4.03. The number of piperazine rings is 1. The quantitative estimate of drug-likeness (QED) is 0.480. The monoisotopic (exact) mass is 515 g/mol. The maximum atomic E-state index is 14.2. The molecule has 1 amide bonds. The summed E-state index contributed by atoms with van der Waals surface area (Å²) in [5, 5.41) is 0.422. The zero-order chi connectivity index (χ0) is 25.2. The predicted molar refractivity (Wildman–Crippen MR) is 137 cm³/mol. The number of aryl methyl sites for hydroxylation is 2. The third-order valence-corrected chi connectivity index (χ3v) is 8.32. The SMILES string of the molecule is Cc1ccc(N(CC(=O)N2CCN(c3ccccc3F)CC2)S(=O)(=O)c2ccc(Cl)cc2)cc1C. The van der Waals surface area contributed by atoms with Gasteiger partial charge in [-0.05, 0) is 73.5 Å². The maximum Gasteiger partial charge on any atom is 0.264 e. The molecule has 1 aliphatic heterocycles. The molecule has 3 aromatic carbocycles. The van der Waals surface area contributed by atoms with Gasteiger partial charge in [-0.15, -0.1) is 0 Å². The largest absolute Gasteiger partial charge is 0.366 e. The minimum absolute atomic E-state index is 0.0531. The summed E-state index contributed by atoms with van der Waals surface area (Å²) in [5.74, 6) is -0.615. The van der Waals surface area contributed by atoms with E-state index in [0.717, 1.165) is 15.4 Å². The van der Waals surface area contributed by atoms with Gasteiger partial charge in [0.05, 0.1) is 16.3 Å². The molecule has 3 aromatic rings. The van der Waals surface area contributed by atoms with Gasteiger partial charge in [-0.3, -0.25) is 9.10 Å². The van der Waals surface area contributed by atoms with Gasteiger partial charge in [-0.1, -0.05) is 29.8 Å². The summed E-state index contributed by atoms with van der Waals surface area (Å²) in [6.07, 6.45) is 0. The van der Waals surface area contributed by atoms with Crippen LogP contribution in [-0.4, -0.2) is 51.9 Å². The number of rotatable bonds is 6. The zero-order valence-electron chi connectivity index (χ0n) is 19.6. The van der Waals surface area contributed by atoms with Crippen LogP contribution in [0.3, 0.4) is 0 Å². The van der Waals surface area contributed by atoms with Gasteiger partial charge in [0.1, 0.15) is 12.4 Å². The Morgan fingerprint density at radius 3 is 2.23 bits per heavy atom. The molecule has 4 rings (SSSR count). The van der Waals surface area contributed by atoms with Gasteiger partial charge in [0.15, 0.2) is 0 Å². The van der Waals surface area contributed by atoms with Crippen LogP contribution in [0, 0.1) is 19.7 Å². The Bertz CT molecular complexity index is 1320. The first-order chi connectivity index (χ1) is 16.7. The number of anilines is 2. The van der Waals surface area contributed by atoms with Crippen molar-refractivity contribution in [1.82, 2.24) is 4.90 Å². The van der Waals surface area contributed by atoms with Gasteiger partial charge in [0.25, 0.3) is 10.0 Å². The smallest absolute Gasteiger partial charge is 0.264 e. The Balaban J connectivity index is 1.56. The van der Waals surface area contributed by atoms with E-state index < -0.39 is 10.0 Å². The summed E-state index contributed by atoms with van der Waals surface area (Å²) in [6, 6.07) is 17.8. The number of carbonyl (C=O) groups is 1. The third-order valence-electron chi connectivity index (χ3n) is 6.28. The molecule has 0 saturated carbocycles. The van der Waals surface area contributed by atoms with Gasteiger partial charge in [0.2, 0.25) is 5.91 Å². The molecule has 0 spiro atoms. The van der Waals surface area contributed by atoms with Crippen LogP contribution in [0.2, 0.25) is 5.02 Å². The highest BCUT2D eigenvalue weighted by Gasteiger charge is 2.30. The third kappa shape index (κ3) is 5.44. The van der Waals surface area contributed by atoms with E-state index in [1.807, 2.05) is 24.8 Å². The van der Waals surface area contributed by atoms with E-state index in [-0.39, 0.29) is 23.2 Å². The van der Waals surface area contributed by atoms with Crippen molar-refractivity contribution in [3.63, 3.8) is 0 Å². The highest BCUT2D eigenvalue weighted by molar-refractivity contribution is 7.92. The van der Waals surface area contributed by atoms with Crippen LogP contribution in [0.5, 0.6) is 0 Å². The van der Waals surface area contributed by atoms with E-state index in [0.29, 0.717) is 42.6 Å². The fourth-order valence-electron chi connectivity index (χ4n) is 4.06. The van der Waals surface area contributed by atoms with Gasteiger partial charge in [0, 0.05) is 31.2 Å². The van der Waals surface area contributed by atoms with Crippen molar-refractivity contribution in [1.29, 1.82) is 0 Å². The lowest BCUT2D eigenvalue weighted by Crippen LogP contribution is -2.52. The summed E-state index contributed by atoms with van der Waals surface area (Å²) in [7, 11) is -4.03. The molecule has 0 aliphatic carbocycles. The van der Waals surface area contributed by atoms with Crippen molar-refractivity contribution < 1.29 is 17.6 Å². The van der Waals surface area contributed by atoms with Gasteiger partial charge in [-0.2, -0.15) is 0 Å². The predicted octanol–water partition coefficient (Wildman–Crippen LogP) is 4.64. The van der Waals surface area contributed by atoms with Gasteiger partial charge in [-0.25, -0.2) is 12.8 Å². The molecular weight excluding hydrogens is 489 g/mol. The molecule has 1 saturated heterocycles. The molecule has 9 heteroatoms. The zero-order valence-corrected chi connectivity index (χ0v) is 21.2. The van der Waals surface area contributed by atoms with E-state index in [2.05, 4.69) is 0 Å². The van der Waals surface area contributed by atoms with Crippen LogP contribution < -0.4 is 9.21 Å². The number of benzene rings is 3. The molecule has 6 nitrogen and oxygen atoms in total. The molecule has 0 atom stereocenters. The lowest BCUT2D eigenvalue weighted by Gasteiger charge is -2.37. The van der Waals surface area contributed by atoms with E-state index >= 15 is 0 Å². The Morgan fingerprint density at radius 2 is 1.60 bits per heavy atom. The van der Waals surface area contributed by atoms with Crippen molar-refractivity contribution in [3.8, 4) is 0 Å². The van der Waals surface area contributed by atoms with Crippen molar-refractivity contribution >= 4 is 38.9 Å². The molecule has 0 radical (unpaired) electrons. The van der Waals surface area contributed by atoms with E-state index in [1.54, 1.807) is 35.2 Å². The normalized spacial score (nSPS) is 14.2. The number of sulfonamides is 1. The maximum absolute atomic E-state index is 14.2. The van der Waals surface area contributed by atoms with Gasteiger partial charge >= 0.3 is 0 Å². The molecule has 184 valence electrons. The molecule has 0 N–H and O–H groups in total. The lowest BCUT2D eigenvalue weighted by atomic mass is 10.1. The fraction of sp³-hybridized carbons (Fsp3) is 0.269. The first-order valence-corrected chi connectivity index (χ1v) is 13.1. The lowest BCUT2D eigenvalue weighted by molar-refractivity contribution is -0.129. The van der Waals surface area contributed by atoms with E-state index in [9.17, 15) is 17.6 Å². The molecule has 1 aliphatic rings. The molecule has 0 bridgehead atoms. The highest BCUT2D eigenvalue weighted by atomic mass is 35.5.